The smallest absolute Gasteiger partial charge is 0.0991 e. The predicted molar refractivity (Wildman–Crippen MR) is 78.7 cm³/mol. The number of hydrogen-bond acceptors (Lipinski definition) is 2. The van der Waals surface area contributed by atoms with Crippen LogP contribution in [0.15, 0.2) is 24.3 Å². The molecule has 2 nitrogen and oxygen atoms in total. The molecule has 102 valence electrons. The van der Waals surface area contributed by atoms with Crippen molar-refractivity contribution in [1.29, 1.82) is 5.26 Å². The van der Waals surface area contributed by atoms with Gasteiger partial charge in [-0.3, -0.25) is 0 Å². The normalized spacial score (nSPS) is 23.6. The third-order valence-corrected chi connectivity index (χ3v) is 4.32. The molecular formula is C17H24N2. The largest absolute Gasteiger partial charge is 0.310 e. The minimum absolute atomic E-state index is 0.655. The molecule has 2 atom stereocenters. The average molecular weight is 256 g/mol. The van der Waals surface area contributed by atoms with E-state index in [4.69, 9.17) is 5.26 Å². The Kier molecular flexibility index (Phi) is 5.42. The molecule has 1 aliphatic rings. The predicted octanol–water partition coefficient (Wildman–Crippen LogP) is 4.01. The third-order valence-electron chi connectivity index (χ3n) is 4.32. The van der Waals surface area contributed by atoms with Gasteiger partial charge in [-0.25, -0.2) is 0 Å². The molecule has 1 N–H and O–H groups in total. The van der Waals surface area contributed by atoms with Gasteiger partial charge in [-0.2, -0.15) is 5.26 Å². The Bertz CT molecular complexity index is 433. The molecule has 0 aromatic heterocycles. The zero-order chi connectivity index (χ0) is 13.5. The number of benzene rings is 1. The molecular weight excluding hydrogens is 232 g/mol. The fourth-order valence-electron chi connectivity index (χ4n) is 3.00. The molecule has 2 rings (SSSR count). The fourth-order valence-corrected chi connectivity index (χ4v) is 3.00. The third kappa shape index (κ3) is 4.36. The highest BCUT2D eigenvalue weighted by Gasteiger charge is 2.17. The molecule has 0 radical (unpaired) electrons. The van der Waals surface area contributed by atoms with Crippen LogP contribution in [0.3, 0.4) is 0 Å². The molecule has 2 heteroatoms. The molecule has 0 saturated heterocycles. The first-order valence-corrected chi connectivity index (χ1v) is 7.54. The molecule has 1 fully saturated rings. The van der Waals surface area contributed by atoms with Crippen LogP contribution in [0.25, 0.3) is 0 Å². The molecule has 1 aromatic carbocycles. The highest BCUT2D eigenvalue weighted by molar-refractivity contribution is 5.32. The van der Waals surface area contributed by atoms with Crippen molar-refractivity contribution in [2.45, 2.75) is 58.0 Å². The maximum atomic E-state index is 8.90. The number of rotatable bonds is 4. The number of nitrogens with zero attached hydrogens (tertiary/aromatic N) is 1. The highest BCUT2D eigenvalue weighted by Crippen LogP contribution is 2.25. The first-order valence-electron chi connectivity index (χ1n) is 7.54. The minimum atomic E-state index is 0.655. The summed E-state index contributed by atoms with van der Waals surface area (Å²) >= 11 is 0. The molecule has 1 aromatic rings. The second-order valence-electron chi connectivity index (χ2n) is 5.67. The first kappa shape index (κ1) is 14.1. The molecule has 1 aliphatic carbocycles. The lowest BCUT2D eigenvalue weighted by Crippen LogP contribution is -2.28. The molecule has 0 amide bonds. The Morgan fingerprint density at radius 1 is 1.26 bits per heavy atom. The fraction of sp³-hybridized carbons (Fsp3) is 0.588. The standard InChI is InChI=1S/C17H24N2/c1-2-14-5-4-8-17(10-9-14)19-13-16-7-3-6-15(11-16)12-18/h3,6-7,11,14,17,19H,2,4-5,8-10,13H2,1H3. The Hall–Kier alpha value is -1.33. The zero-order valence-electron chi connectivity index (χ0n) is 11.9. The second-order valence-corrected chi connectivity index (χ2v) is 5.67. The maximum absolute atomic E-state index is 8.90. The van der Waals surface area contributed by atoms with Crippen molar-refractivity contribution in [3.8, 4) is 6.07 Å². The Labute approximate surface area is 116 Å². The van der Waals surface area contributed by atoms with Crippen molar-refractivity contribution in [3.63, 3.8) is 0 Å². The minimum Gasteiger partial charge on any atom is -0.310 e. The van der Waals surface area contributed by atoms with Gasteiger partial charge < -0.3 is 5.32 Å². The SMILES string of the molecule is CCC1CCCC(NCc2cccc(C#N)c2)CC1. The van der Waals surface area contributed by atoms with Crippen LogP contribution in [-0.2, 0) is 6.54 Å². The van der Waals surface area contributed by atoms with Gasteiger partial charge in [0, 0.05) is 12.6 Å². The quantitative estimate of drug-likeness (QED) is 0.826. The average Bonchev–Trinajstić information content (AvgIpc) is 2.70. The summed E-state index contributed by atoms with van der Waals surface area (Å²) in [4.78, 5) is 0. The lowest BCUT2D eigenvalue weighted by Gasteiger charge is -2.16. The molecule has 0 heterocycles. The van der Waals surface area contributed by atoms with Crippen LogP contribution < -0.4 is 5.32 Å². The summed E-state index contributed by atoms with van der Waals surface area (Å²) in [5.74, 6) is 0.939. The number of nitrogens with one attached hydrogen (secondary N) is 1. The van der Waals surface area contributed by atoms with E-state index in [1.54, 1.807) is 0 Å². The molecule has 19 heavy (non-hydrogen) atoms. The van der Waals surface area contributed by atoms with E-state index in [1.165, 1.54) is 44.1 Å². The van der Waals surface area contributed by atoms with Gasteiger partial charge >= 0.3 is 0 Å². The summed E-state index contributed by atoms with van der Waals surface area (Å²) in [6.07, 6.45) is 8.06. The monoisotopic (exact) mass is 256 g/mol. The van der Waals surface area contributed by atoms with E-state index in [0.717, 1.165) is 18.0 Å². The van der Waals surface area contributed by atoms with Crippen molar-refractivity contribution < 1.29 is 0 Å². The van der Waals surface area contributed by atoms with Crippen LogP contribution in [-0.4, -0.2) is 6.04 Å². The van der Waals surface area contributed by atoms with Crippen LogP contribution in [0.1, 0.15) is 56.6 Å². The highest BCUT2D eigenvalue weighted by atomic mass is 14.9. The lowest BCUT2D eigenvalue weighted by molar-refractivity contribution is 0.425. The summed E-state index contributed by atoms with van der Waals surface area (Å²) in [5, 5.41) is 12.6. The first-order chi connectivity index (χ1) is 9.31. The van der Waals surface area contributed by atoms with E-state index in [0.29, 0.717) is 6.04 Å². The van der Waals surface area contributed by atoms with E-state index in [1.807, 2.05) is 18.2 Å². The van der Waals surface area contributed by atoms with Gasteiger partial charge in [0.05, 0.1) is 11.6 Å². The van der Waals surface area contributed by atoms with E-state index in [9.17, 15) is 0 Å². The summed E-state index contributed by atoms with van der Waals surface area (Å²) in [7, 11) is 0. The van der Waals surface area contributed by atoms with E-state index < -0.39 is 0 Å². The molecule has 0 spiro atoms. The maximum Gasteiger partial charge on any atom is 0.0991 e. The van der Waals surface area contributed by atoms with Crippen molar-refractivity contribution in [3.05, 3.63) is 35.4 Å². The van der Waals surface area contributed by atoms with Crippen molar-refractivity contribution in [2.75, 3.05) is 0 Å². The van der Waals surface area contributed by atoms with Gasteiger partial charge in [0.2, 0.25) is 0 Å². The van der Waals surface area contributed by atoms with Crippen LogP contribution in [0.5, 0.6) is 0 Å². The van der Waals surface area contributed by atoms with E-state index in [2.05, 4.69) is 24.4 Å². The summed E-state index contributed by atoms with van der Waals surface area (Å²) in [5.41, 5.74) is 1.97. The van der Waals surface area contributed by atoms with Crippen molar-refractivity contribution in [1.82, 2.24) is 5.32 Å². The summed E-state index contributed by atoms with van der Waals surface area (Å²) < 4.78 is 0. The molecule has 1 saturated carbocycles. The molecule has 0 aliphatic heterocycles. The summed E-state index contributed by atoms with van der Waals surface area (Å²) in [6.45, 7) is 3.20. The molecule has 0 bridgehead atoms. The second kappa shape index (κ2) is 7.31. The van der Waals surface area contributed by atoms with Crippen molar-refractivity contribution in [2.24, 2.45) is 5.92 Å². The summed E-state index contributed by atoms with van der Waals surface area (Å²) in [6, 6.07) is 10.8. The van der Waals surface area contributed by atoms with E-state index in [-0.39, 0.29) is 0 Å². The van der Waals surface area contributed by atoms with Gasteiger partial charge in [-0.15, -0.1) is 0 Å². The van der Waals surface area contributed by atoms with E-state index >= 15 is 0 Å². The van der Waals surface area contributed by atoms with Crippen LogP contribution in [0, 0.1) is 17.2 Å². The zero-order valence-corrected chi connectivity index (χ0v) is 11.9. The van der Waals surface area contributed by atoms with Crippen LogP contribution in [0.2, 0.25) is 0 Å². The Morgan fingerprint density at radius 2 is 2.16 bits per heavy atom. The van der Waals surface area contributed by atoms with Gasteiger partial charge in [-0.1, -0.05) is 38.3 Å². The topological polar surface area (TPSA) is 35.8 Å². The van der Waals surface area contributed by atoms with Gasteiger partial charge in [0.15, 0.2) is 0 Å². The Morgan fingerprint density at radius 3 is 2.95 bits per heavy atom. The van der Waals surface area contributed by atoms with Crippen LogP contribution in [0.4, 0.5) is 0 Å². The molecule has 2 unspecified atom stereocenters. The number of nitriles is 1. The Balaban J connectivity index is 1.83. The van der Waals surface area contributed by atoms with Gasteiger partial charge in [-0.05, 0) is 42.9 Å². The van der Waals surface area contributed by atoms with Gasteiger partial charge in [0.1, 0.15) is 0 Å². The number of hydrogen-bond donors (Lipinski definition) is 1. The van der Waals surface area contributed by atoms with Crippen molar-refractivity contribution >= 4 is 0 Å². The lowest BCUT2D eigenvalue weighted by atomic mass is 9.98. The van der Waals surface area contributed by atoms with Gasteiger partial charge in [0.25, 0.3) is 0 Å². The van der Waals surface area contributed by atoms with Crippen LogP contribution >= 0.6 is 0 Å².